The van der Waals surface area contributed by atoms with Gasteiger partial charge >= 0.3 is 0 Å². The lowest BCUT2D eigenvalue weighted by Gasteiger charge is -2.55. The van der Waals surface area contributed by atoms with Crippen LogP contribution in [-0.4, -0.2) is 36.6 Å². The van der Waals surface area contributed by atoms with E-state index in [2.05, 4.69) is 17.1 Å². The van der Waals surface area contributed by atoms with Crippen molar-refractivity contribution in [3.63, 3.8) is 0 Å². The molecule has 2 heterocycles. The van der Waals surface area contributed by atoms with E-state index in [1.807, 2.05) is 0 Å². The van der Waals surface area contributed by atoms with Gasteiger partial charge in [0.1, 0.15) is 0 Å². The van der Waals surface area contributed by atoms with Crippen LogP contribution in [0.3, 0.4) is 0 Å². The fourth-order valence-corrected chi connectivity index (χ4v) is 3.12. The van der Waals surface area contributed by atoms with Crippen LogP contribution in [0.2, 0.25) is 0 Å². The molecule has 2 saturated heterocycles. The SMILES string of the molecule is CCCCCCN1CCC12CCNCC2. The zero-order chi connectivity index (χ0) is 10.6. The molecule has 2 heteroatoms. The summed E-state index contributed by atoms with van der Waals surface area (Å²) < 4.78 is 0. The van der Waals surface area contributed by atoms with Crippen molar-refractivity contribution in [3.8, 4) is 0 Å². The first-order chi connectivity index (χ1) is 7.37. The Labute approximate surface area is 94.4 Å². The Morgan fingerprint density at radius 3 is 2.47 bits per heavy atom. The topological polar surface area (TPSA) is 15.3 Å². The molecule has 88 valence electrons. The maximum absolute atomic E-state index is 3.48. The van der Waals surface area contributed by atoms with E-state index in [1.165, 1.54) is 71.1 Å². The molecule has 15 heavy (non-hydrogen) atoms. The lowest BCUT2D eigenvalue weighted by Crippen LogP contribution is -2.63. The number of likely N-dealkylation sites (tertiary alicyclic amines) is 1. The average Bonchev–Trinajstić information content (AvgIpc) is 2.28. The van der Waals surface area contributed by atoms with E-state index >= 15 is 0 Å². The normalized spacial score (nSPS) is 25.4. The van der Waals surface area contributed by atoms with Gasteiger partial charge in [0.15, 0.2) is 0 Å². The van der Waals surface area contributed by atoms with Crippen LogP contribution in [0.4, 0.5) is 0 Å². The van der Waals surface area contributed by atoms with Crippen molar-refractivity contribution in [2.75, 3.05) is 26.2 Å². The number of hydrogen-bond acceptors (Lipinski definition) is 2. The van der Waals surface area contributed by atoms with E-state index in [0.717, 1.165) is 0 Å². The summed E-state index contributed by atoms with van der Waals surface area (Å²) in [5.74, 6) is 0. The minimum atomic E-state index is 0.636. The molecular formula is C13H26N2. The molecule has 0 saturated carbocycles. The Morgan fingerprint density at radius 2 is 1.87 bits per heavy atom. The van der Waals surface area contributed by atoms with E-state index < -0.39 is 0 Å². The standard InChI is InChI=1S/C13H26N2/c1-2-3-4-5-11-15-12-8-13(15)6-9-14-10-7-13/h14H,2-12H2,1H3. The molecule has 0 radical (unpaired) electrons. The van der Waals surface area contributed by atoms with Crippen LogP contribution < -0.4 is 5.32 Å². The molecule has 2 aliphatic heterocycles. The van der Waals surface area contributed by atoms with Crippen molar-refractivity contribution >= 4 is 0 Å². The lowest BCUT2D eigenvalue weighted by atomic mass is 9.77. The third-order valence-corrected chi connectivity index (χ3v) is 4.33. The molecule has 0 unspecified atom stereocenters. The Hall–Kier alpha value is -0.0800. The highest BCUT2D eigenvalue weighted by Gasteiger charge is 2.44. The van der Waals surface area contributed by atoms with Crippen molar-refractivity contribution in [2.24, 2.45) is 0 Å². The van der Waals surface area contributed by atoms with Gasteiger partial charge in [-0.25, -0.2) is 0 Å². The van der Waals surface area contributed by atoms with Crippen LogP contribution in [0, 0.1) is 0 Å². The van der Waals surface area contributed by atoms with Crippen LogP contribution in [0.1, 0.15) is 51.9 Å². The van der Waals surface area contributed by atoms with Crippen molar-refractivity contribution in [1.29, 1.82) is 0 Å². The molecule has 1 spiro atoms. The van der Waals surface area contributed by atoms with Gasteiger partial charge in [-0.3, -0.25) is 4.90 Å². The lowest BCUT2D eigenvalue weighted by molar-refractivity contribution is -0.0376. The second kappa shape index (κ2) is 5.31. The Balaban J connectivity index is 1.69. The molecule has 0 aromatic rings. The van der Waals surface area contributed by atoms with E-state index in [-0.39, 0.29) is 0 Å². The minimum absolute atomic E-state index is 0.636. The number of nitrogens with zero attached hydrogens (tertiary/aromatic N) is 1. The molecule has 2 aliphatic rings. The molecule has 0 aromatic heterocycles. The summed E-state index contributed by atoms with van der Waals surface area (Å²) >= 11 is 0. The van der Waals surface area contributed by atoms with E-state index in [1.54, 1.807) is 0 Å². The summed E-state index contributed by atoms with van der Waals surface area (Å²) in [7, 11) is 0. The van der Waals surface area contributed by atoms with Gasteiger partial charge in [0, 0.05) is 12.1 Å². The fraction of sp³-hybridized carbons (Fsp3) is 1.00. The van der Waals surface area contributed by atoms with Gasteiger partial charge < -0.3 is 5.32 Å². The first kappa shape index (κ1) is 11.4. The molecule has 0 amide bonds. The van der Waals surface area contributed by atoms with Gasteiger partial charge in [0.25, 0.3) is 0 Å². The molecule has 0 bridgehead atoms. The summed E-state index contributed by atoms with van der Waals surface area (Å²) in [6.07, 6.45) is 9.87. The third kappa shape index (κ3) is 2.54. The highest BCUT2D eigenvalue weighted by atomic mass is 15.3. The van der Waals surface area contributed by atoms with E-state index in [0.29, 0.717) is 5.54 Å². The largest absolute Gasteiger partial charge is 0.317 e. The summed E-state index contributed by atoms with van der Waals surface area (Å²) in [5.41, 5.74) is 0.636. The first-order valence-electron chi connectivity index (χ1n) is 6.83. The van der Waals surface area contributed by atoms with E-state index in [9.17, 15) is 0 Å². The molecule has 0 atom stereocenters. The van der Waals surface area contributed by atoms with Crippen molar-refractivity contribution in [2.45, 2.75) is 57.4 Å². The molecule has 1 N–H and O–H groups in total. The smallest absolute Gasteiger partial charge is 0.0245 e. The van der Waals surface area contributed by atoms with Crippen LogP contribution in [0.5, 0.6) is 0 Å². The Morgan fingerprint density at radius 1 is 1.07 bits per heavy atom. The second-order valence-corrected chi connectivity index (χ2v) is 5.27. The maximum Gasteiger partial charge on any atom is 0.0245 e. The molecule has 2 nitrogen and oxygen atoms in total. The van der Waals surface area contributed by atoms with Crippen molar-refractivity contribution in [3.05, 3.63) is 0 Å². The number of piperidine rings is 1. The number of nitrogens with one attached hydrogen (secondary N) is 1. The Bertz CT molecular complexity index is 185. The summed E-state index contributed by atoms with van der Waals surface area (Å²) in [4.78, 5) is 2.77. The zero-order valence-corrected chi connectivity index (χ0v) is 10.2. The summed E-state index contributed by atoms with van der Waals surface area (Å²) in [6.45, 7) is 7.50. The molecule has 0 aliphatic carbocycles. The average molecular weight is 210 g/mol. The first-order valence-corrected chi connectivity index (χ1v) is 6.83. The highest BCUT2D eigenvalue weighted by molar-refractivity contribution is 5.01. The zero-order valence-electron chi connectivity index (χ0n) is 10.2. The molecule has 0 aromatic carbocycles. The van der Waals surface area contributed by atoms with Crippen LogP contribution in [0.25, 0.3) is 0 Å². The summed E-state index contributed by atoms with van der Waals surface area (Å²) in [6, 6.07) is 0. The number of unbranched alkanes of at least 4 members (excludes halogenated alkanes) is 3. The van der Waals surface area contributed by atoms with Gasteiger partial charge in [0.05, 0.1) is 0 Å². The maximum atomic E-state index is 3.48. The van der Waals surface area contributed by atoms with Gasteiger partial charge in [0.2, 0.25) is 0 Å². The van der Waals surface area contributed by atoms with Gasteiger partial charge in [-0.2, -0.15) is 0 Å². The quantitative estimate of drug-likeness (QED) is 0.701. The minimum Gasteiger partial charge on any atom is -0.317 e. The number of rotatable bonds is 5. The third-order valence-electron chi connectivity index (χ3n) is 4.33. The fourth-order valence-electron chi connectivity index (χ4n) is 3.12. The highest BCUT2D eigenvalue weighted by Crippen LogP contribution is 2.38. The summed E-state index contributed by atoms with van der Waals surface area (Å²) in [5, 5.41) is 3.48. The molecule has 2 rings (SSSR count). The van der Waals surface area contributed by atoms with Gasteiger partial charge in [-0.15, -0.1) is 0 Å². The predicted molar refractivity (Wildman–Crippen MR) is 65.2 cm³/mol. The predicted octanol–water partition coefficient (Wildman–Crippen LogP) is 2.39. The molecule has 2 fully saturated rings. The van der Waals surface area contributed by atoms with E-state index in [4.69, 9.17) is 0 Å². The van der Waals surface area contributed by atoms with Crippen LogP contribution >= 0.6 is 0 Å². The monoisotopic (exact) mass is 210 g/mol. The van der Waals surface area contributed by atoms with Crippen molar-refractivity contribution < 1.29 is 0 Å². The van der Waals surface area contributed by atoms with Crippen molar-refractivity contribution in [1.82, 2.24) is 10.2 Å². The number of hydrogen-bond donors (Lipinski definition) is 1. The van der Waals surface area contributed by atoms with Crippen LogP contribution in [0.15, 0.2) is 0 Å². The second-order valence-electron chi connectivity index (χ2n) is 5.27. The Kier molecular flexibility index (Phi) is 4.04. The van der Waals surface area contributed by atoms with Gasteiger partial charge in [-0.1, -0.05) is 26.2 Å². The van der Waals surface area contributed by atoms with Gasteiger partial charge in [-0.05, 0) is 45.3 Å². The molecular weight excluding hydrogens is 184 g/mol. The van der Waals surface area contributed by atoms with Crippen LogP contribution in [-0.2, 0) is 0 Å².